The molecule has 0 fully saturated rings. The Balaban J connectivity index is 1.53. The van der Waals surface area contributed by atoms with E-state index in [0.29, 0.717) is 28.0 Å². The van der Waals surface area contributed by atoms with E-state index in [-0.39, 0.29) is 24.6 Å². The highest BCUT2D eigenvalue weighted by molar-refractivity contribution is 8.14. The van der Waals surface area contributed by atoms with Gasteiger partial charge in [-0.2, -0.15) is 4.99 Å². The number of amidine groups is 2. The summed E-state index contributed by atoms with van der Waals surface area (Å²) in [6, 6.07) is 13.8. The lowest BCUT2D eigenvalue weighted by atomic mass is 10.1. The highest BCUT2D eigenvalue weighted by atomic mass is 32.2. The molecule has 0 saturated carbocycles. The predicted molar refractivity (Wildman–Crippen MR) is 122 cm³/mol. The van der Waals surface area contributed by atoms with Gasteiger partial charge in [0, 0.05) is 17.7 Å². The Hall–Kier alpha value is -3.66. The number of para-hydroxylation sites is 2. The highest BCUT2D eigenvalue weighted by Gasteiger charge is 2.42. The molecule has 2 aliphatic heterocycles. The molecule has 0 radical (unpaired) electrons. The van der Waals surface area contributed by atoms with E-state index in [9.17, 15) is 14.4 Å². The van der Waals surface area contributed by atoms with Crippen LogP contribution < -0.4 is 15.8 Å². The van der Waals surface area contributed by atoms with Crippen LogP contribution in [0.2, 0.25) is 0 Å². The third-order valence-corrected chi connectivity index (χ3v) is 5.97. The molecule has 0 saturated heterocycles. The third-order valence-electron chi connectivity index (χ3n) is 5.00. The Morgan fingerprint density at radius 1 is 1.16 bits per heavy atom. The highest BCUT2D eigenvalue weighted by Crippen LogP contribution is 2.34. The van der Waals surface area contributed by atoms with E-state index in [1.54, 1.807) is 18.1 Å². The van der Waals surface area contributed by atoms with Crippen LogP contribution in [0.4, 0.5) is 5.69 Å². The molecule has 10 heteroatoms. The van der Waals surface area contributed by atoms with Gasteiger partial charge in [-0.05, 0) is 18.2 Å². The number of carbonyl (C=O) groups excluding carboxylic acids is 3. The van der Waals surface area contributed by atoms with Crippen molar-refractivity contribution in [1.29, 1.82) is 0 Å². The van der Waals surface area contributed by atoms with Gasteiger partial charge in [0.1, 0.15) is 17.6 Å². The molecule has 32 heavy (non-hydrogen) atoms. The molecular weight excluding hydrogens is 430 g/mol. The number of rotatable bonds is 7. The number of primary amides is 1. The molecule has 164 valence electrons. The van der Waals surface area contributed by atoms with Crippen LogP contribution in [0.15, 0.2) is 58.5 Å². The van der Waals surface area contributed by atoms with Gasteiger partial charge in [0.25, 0.3) is 5.91 Å². The summed E-state index contributed by atoms with van der Waals surface area (Å²) < 4.78 is 5.30. The number of carbonyl (C=O) groups is 3. The Morgan fingerprint density at radius 2 is 1.91 bits per heavy atom. The smallest absolute Gasteiger partial charge is 0.271 e. The van der Waals surface area contributed by atoms with Crippen LogP contribution in [0.3, 0.4) is 0 Å². The summed E-state index contributed by atoms with van der Waals surface area (Å²) in [5, 5.41) is 3.24. The van der Waals surface area contributed by atoms with E-state index >= 15 is 0 Å². The predicted octanol–water partition coefficient (Wildman–Crippen LogP) is 1.58. The van der Waals surface area contributed by atoms with Crippen molar-refractivity contribution in [3.05, 3.63) is 59.7 Å². The summed E-state index contributed by atoms with van der Waals surface area (Å²) in [5.74, 6) is -0.173. The molecule has 2 aliphatic rings. The lowest BCUT2D eigenvalue weighted by Gasteiger charge is -2.30. The summed E-state index contributed by atoms with van der Waals surface area (Å²) in [6.45, 7) is 0.262. The van der Waals surface area contributed by atoms with Gasteiger partial charge in [0.2, 0.25) is 11.8 Å². The molecule has 0 spiro atoms. The zero-order valence-electron chi connectivity index (χ0n) is 17.3. The standard InChI is InChI=1S/C22H21N5O4S/c1-31-17-9-5-2-6-13(17)11-24-19(29)10-16-21(30)26-20-14-7-3-4-8-15(14)25-22(27(16)20)32-12-18(23)28/h2-9,16H,10-12H2,1H3,(H2,23,28)(H,24,29). The minimum Gasteiger partial charge on any atom is -0.496 e. The number of nitrogens with two attached hydrogens (primary N) is 1. The quantitative estimate of drug-likeness (QED) is 0.658. The Morgan fingerprint density at radius 3 is 2.69 bits per heavy atom. The minimum atomic E-state index is -0.852. The van der Waals surface area contributed by atoms with Crippen LogP contribution in [-0.2, 0) is 20.9 Å². The zero-order chi connectivity index (χ0) is 22.7. The van der Waals surface area contributed by atoms with Crippen LogP contribution in [0.5, 0.6) is 5.75 Å². The maximum Gasteiger partial charge on any atom is 0.271 e. The maximum atomic E-state index is 12.8. The normalized spacial score (nSPS) is 16.6. The molecule has 0 bridgehead atoms. The maximum absolute atomic E-state index is 12.8. The van der Waals surface area contributed by atoms with Crippen molar-refractivity contribution < 1.29 is 19.1 Å². The molecule has 0 aliphatic carbocycles. The molecule has 9 nitrogen and oxygen atoms in total. The average Bonchev–Trinajstić information content (AvgIpc) is 3.12. The van der Waals surface area contributed by atoms with Crippen molar-refractivity contribution in [2.24, 2.45) is 15.7 Å². The molecule has 4 rings (SSSR count). The Labute approximate surface area is 188 Å². The molecular formula is C22H21N5O4S. The summed E-state index contributed by atoms with van der Waals surface area (Å²) in [6.07, 6.45) is -0.112. The fourth-order valence-electron chi connectivity index (χ4n) is 3.53. The fourth-order valence-corrected chi connectivity index (χ4v) is 4.32. The SMILES string of the molecule is COc1ccccc1CNC(=O)CC1C(=O)N=C2c3ccccc3N=C(SCC(N)=O)N21. The lowest BCUT2D eigenvalue weighted by molar-refractivity contribution is -0.126. The van der Waals surface area contributed by atoms with Gasteiger partial charge in [-0.15, -0.1) is 0 Å². The average molecular weight is 452 g/mol. The van der Waals surface area contributed by atoms with Gasteiger partial charge >= 0.3 is 0 Å². The van der Waals surface area contributed by atoms with Gasteiger partial charge in [0.05, 0.1) is 25.0 Å². The number of fused-ring (bicyclic) bond motifs is 3. The van der Waals surface area contributed by atoms with Gasteiger partial charge in [0.15, 0.2) is 5.17 Å². The second-order valence-corrected chi connectivity index (χ2v) is 8.06. The Kier molecular flexibility index (Phi) is 6.22. The second kappa shape index (κ2) is 9.23. The van der Waals surface area contributed by atoms with Gasteiger partial charge < -0.3 is 15.8 Å². The Bertz CT molecular complexity index is 1150. The van der Waals surface area contributed by atoms with Crippen LogP contribution in [-0.4, -0.2) is 52.5 Å². The van der Waals surface area contributed by atoms with Crippen LogP contribution in [0.25, 0.3) is 0 Å². The monoisotopic (exact) mass is 451 g/mol. The van der Waals surface area contributed by atoms with E-state index in [1.165, 1.54) is 0 Å². The summed E-state index contributed by atoms with van der Waals surface area (Å²) >= 11 is 1.11. The number of methoxy groups -OCH3 is 1. The molecule has 3 N–H and O–H groups in total. The second-order valence-electron chi connectivity index (χ2n) is 7.12. The van der Waals surface area contributed by atoms with Crippen molar-refractivity contribution in [3.8, 4) is 5.75 Å². The topological polar surface area (TPSA) is 126 Å². The number of amides is 3. The number of hydrogen-bond acceptors (Lipinski definition) is 7. The molecule has 3 amide bonds. The van der Waals surface area contributed by atoms with Gasteiger partial charge in [-0.1, -0.05) is 42.1 Å². The summed E-state index contributed by atoms with van der Waals surface area (Å²) in [4.78, 5) is 47.2. The first-order valence-electron chi connectivity index (χ1n) is 9.87. The number of benzene rings is 2. The fraction of sp³-hybridized carbons (Fsp3) is 0.227. The molecule has 2 aromatic carbocycles. The van der Waals surface area contributed by atoms with E-state index < -0.39 is 17.9 Å². The number of ether oxygens (including phenoxy) is 1. The van der Waals surface area contributed by atoms with Crippen molar-refractivity contribution >= 4 is 46.2 Å². The molecule has 2 aromatic rings. The lowest BCUT2D eigenvalue weighted by Crippen LogP contribution is -2.46. The first kappa shape index (κ1) is 21.6. The van der Waals surface area contributed by atoms with Gasteiger partial charge in [-0.25, -0.2) is 4.99 Å². The number of hydrogen-bond donors (Lipinski definition) is 2. The largest absolute Gasteiger partial charge is 0.496 e. The third kappa shape index (κ3) is 4.35. The van der Waals surface area contributed by atoms with E-state index in [0.717, 1.165) is 17.3 Å². The van der Waals surface area contributed by atoms with Crippen LogP contribution in [0.1, 0.15) is 17.5 Å². The summed E-state index contributed by atoms with van der Waals surface area (Å²) in [5.41, 5.74) is 7.46. The number of thioether (sulfide) groups is 1. The van der Waals surface area contributed by atoms with E-state index in [1.807, 2.05) is 42.5 Å². The first-order chi connectivity index (χ1) is 15.5. The number of nitrogens with one attached hydrogen (secondary N) is 1. The van der Waals surface area contributed by atoms with Crippen LogP contribution in [0, 0.1) is 0 Å². The zero-order valence-corrected chi connectivity index (χ0v) is 18.1. The van der Waals surface area contributed by atoms with Crippen molar-refractivity contribution in [2.75, 3.05) is 12.9 Å². The van der Waals surface area contributed by atoms with Crippen molar-refractivity contribution in [3.63, 3.8) is 0 Å². The van der Waals surface area contributed by atoms with Crippen molar-refractivity contribution in [2.45, 2.75) is 19.0 Å². The van der Waals surface area contributed by atoms with E-state index in [2.05, 4.69) is 15.3 Å². The van der Waals surface area contributed by atoms with Gasteiger partial charge in [-0.3, -0.25) is 19.3 Å². The van der Waals surface area contributed by atoms with Crippen LogP contribution >= 0.6 is 11.8 Å². The number of aliphatic imine (C=N–C) groups is 2. The molecule has 0 aromatic heterocycles. The first-order valence-corrected chi connectivity index (χ1v) is 10.9. The number of nitrogens with zero attached hydrogens (tertiary/aromatic N) is 3. The van der Waals surface area contributed by atoms with E-state index in [4.69, 9.17) is 10.5 Å². The molecule has 2 heterocycles. The molecule has 1 atom stereocenters. The van der Waals surface area contributed by atoms with Crippen molar-refractivity contribution in [1.82, 2.24) is 10.2 Å². The minimum absolute atomic E-state index is 0.00825. The molecule has 1 unspecified atom stereocenters. The summed E-state index contributed by atoms with van der Waals surface area (Å²) in [7, 11) is 1.57.